The average Bonchev–Trinajstić information content (AvgIpc) is 2.44. The summed E-state index contributed by atoms with van der Waals surface area (Å²) in [4.78, 5) is 0. The third-order valence-electron chi connectivity index (χ3n) is 3.40. The molecule has 2 aromatic carbocycles. The number of hydrogen-bond donors (Lipinski definition) is 1. The first-order chi connectivity index (χ1) is 9.54. The quantitative estimate of drug-likeness (QED) is 0.862. The second kappa shape index (κ2) is 6.46. The van der Waals surface area contributed by atoms with Crippen LogP contribution in [0.4, 0.5) is 8.78 Å². The Morgan fingerprint density at radius 2 is 1.85 bits per heavy atom. The SMILES string of the molecule is CNC(Cc1cccc(F)c1Br)c1cccc(C)c1F. The summed E-state index contributed by atoms with van der Waals surface area (Å²) in [6, 6.07) is 10.0. The van der Waals surface area contributed by atoms with Gasteiger partial charge in [0.15, 0.2) is 0 Å². The molecule has 1 atom stereocenters. The summed E-state index contributed by atoms with van der Waals surface area (Å²) < 4.78 is 28.2. The Kier molecular flexibility index (Phi) is 4.89. The largest absolute Gasteiger partial charge is 0.313 e. The molecule has 2 rings (SSSR count). The lowest BCUT2D eigenvalue weighted by molar-refractivity contribution is 0.527. The van der Waals surface area contributed by atoms with Crippen molar-refractivity contribution in [3.05, 3.63) is 69.2 Å². The molecule has 0 bridgehead atoms. The number of aryl methyl sites for hydroxylation is 1. The molecule has 0 amide bonds. The van der Waals surface area contributed by atoms with Crippen molar-refractivity contribution >= 4 is 15.9 Å². The minimum atomic E-state index is -0.304. The molecular formula is C16H16BrF2N. The number of nitrogens with one attached hydrogen (secondary N) is 1. The Hall–Kier alpha value is -1.26. The number of rotatable bonds is 4. The van der Waals surface area contributed by atoms with Crippen LogP contribution >= 0.6 is 15.9 Å². The van der Waals surface area contributed by atoms with Crippen molar-refractivity contribution in [1.82, 2.24) is 5.32 Å². The van der Waals surface area contributed by atoms with Crippen molar-refractivity contribution in [2.24, 2.45) is 0 Å². The lowest BCUT2D eigenvalue weighted by atomic mass is 9.97. The van der Waals surface area contributed by atoms with Crippen molar-refractivity contribution in [1.29, 1.82) is 0 Å². The van der Waals surface area contributed by atoms with E-state index in [1.807, 2.05) is 12.1 Å². The van der Waals surface area contributed by atoms with E-state index in [-0.39, 0.29) is 17.7 Å². The van der Waals surface area contributed by atoms with Crippen LogP contribution in [-0.4, -0.2) is 7.05 Å². The maximum Gasteiger partial charge on any atom is 0.137 e. The first-order valence-electron chi connectivity index (χ1n) is 6.39. The van der Waals surface area contributed by atoms with Gasteiger partial charge in [-0.15, -0.1) is 0 Å². The van der Waals surface area contributed by atoms with Gasteiger partial charge in [-0.2, -0.15) is 0 Å². The summed E-state index contributed by atoms with van der Waals surface area (Å²) >= 11 is 3.25. The molecule has 0 aliphatic rings. The standard InChI is InChI=1S/C16H16BrF2N/c1-10-5-3-7-12(16(10)19)14(20-2)9-11-6-4-8-13(18)15(11)17/h3-8,14,20H,9H2,1-2H3. The van der Waals surface area contributed by atoms with Crippen molar-refractivity contribution in [3.8, 4) is 0 Å². The lowest BCUT2D eigenvalue weighted by Gasteiger charge is -2.19. The Bertz CT molecular complexity index is 613. The first kappa shape index (κ1) is 15.1. The van der Waals surface area contributed by atoms with Crippen LogP contribution in [0, 0.1) is 18.6 Å². The Morgan fingerprint density at radius 1 is 1.15 bits per heavy atom. The van der Waals surface area contributed by atoms with E-state index < -0.39 is 0 Å². The van der Waals surface area contributed by atoms with Crippen LogP contribution in [-0.2, 0) is 6.42 Å². The lowest BCUT2D eigenvalue weighted by Crippen LogP contribution is -2.20. The van der Waals surface area contributed by atoms with E-state index in [2.05, 4.69) is 21.2 Å². The first-order valence-corrected chi connectivity index (χ1v) is 7.19. The summed E-state index contributed by atoms with van der Waals surface area (Å²) in [5, 5.41) is 3.10. The highest BCUT2D eigenvalue weighted by Gasteiger charge is 2.17. The van der Waals surface area contributed by atoms with E-state index in [0.717, 1.165) is 5.56 Å². The second-order valence-corrected chi connectivity index (χ2v) is 5.53. The van der Waals surface area contributed by atoms with E-state index in [1.165, 1.54) is 6.07 Å². The number of halogens is 3. The van der Waals surface area contributed by atoms with Gasteiger partial charge in [-0.3, -0.25) is 0 Å². The summed E-state index contributed by atoms with van der Waals surface area (Å²) in [5.41, 5.74) is 2.02. The third-order valence-corrected chi connectivity index (χ3v) is 4.29. The van der Waals surface area contributed by atoms with Crippen LogP contribution in [0.15, 0.2) is 40.9 Å². The molecule has 106 valence electrons. The predicted molar refractivity (Wildman–Crippen MR) is 80.7 cm³/mol. The molecule has 1 nitrogen and oxygen atoms in total. The maximum atomic E-state index is 14.2. The fraction of sp³-hybridized carbons (Fsp3) is 0.250. The third kappa shape index (κ3) is 3.07. The summed E-state index contributed by atoms with van der Waals surface area (Å²) in [6.45, 7) is 1.74. The van der Waals surface area contributed by atoms with E-state index in [4.69, 9.17) is 0 Å². The van der Waals surface area contributed by atoms with Crippen LogP contribution < -0.4 is 5.32 Å². The summed E-state index contributed by atoms with van der Waals surface area (Å²) in [7, 11) is 1.78. The fourth-order valence-electron chi connectivity index (χ4n) is 2.23. The molecular weight excluding hydrogens is 324 g/mol. The highest BCUT2D eigenvalue weighted by molar-refractivity contribution is 9.10. The molecule has 0 heterocycles. The summed E-state index contributed by atoms with van der Waals surface area (Å²) in [5.74, 6) is -0.513. The molecule has 4 heteroatoms. The molecule has 20 heavy (non-hydrogen) atoms. The summed E-state index contributed by atoms with van der Waals surface area (Å²) in [6.07, 6.45) is 0.509. The molecule has 0 saturated carbocycles. The van der Waals surface area contributed by atoms with Gasteiger partial charge in [0.25, 0.3) is 0 Å². The van der Waals surface area contributed by atoms with Crippen LogP contribution in [0.2, 0.25) is 0 Å². The van der Waals surface area contributed by atoms with Crippen molar-refractivity contribution in [2.75, 3.05) is 7.05 Å². The molecule has 0 aromatic heterocycles. The van der Waals surface area contributed by atoms with E-state index in [0.29, 0.717) is 22.0 Å². The van der Waals surface area contributed by atoms with Gasteiger partial charge in [0.05, 0.1) is 4.47 Å². The molecule has 0 fully saturated rings. The zero-order valence-corrected chi connectivity index (χ0v) is 13.0. The Labute approximate surface area is 126 Å². The second-order valence-electron chi connectivity index (χ2n) is 4.74. The van der Waals surface area contributed by atoms with Crippen LogP contribution in [0.25, 0.3) is 0 Å². The number of likely N-dealkylation sites (N-methyl/N-ethyl adjacent to an activating group) is 1. The van der Waals surface area contributed by atoms with Crippen LogP contribution in [0.5, 0.6) is 0 Å². The smallest absolute Gasteiger partial charge is 0.137 e. The zero-order valence-electron chi connectivity index (χ0n) is 11.4. The molecule has 1 N–H and O–H groups in total. The average molecular weight is 340 g/mol. The van der Waals surface area contributed by atoms with Crippen molar-refractivity contribution < 1.29 is 8.78 Å². The topological polar surface area (TPSA) is 12.0 Å². The van der Waals surface area contributed by atoms with Gasteiger partial charge in [0, 0.05) is 11.6 Å². The van der Waals surface area contributed by atoms with Gasteiger partial charge in [0.2, 0.25) is 0 Å². The molecule has 1 unspecified atom stereocenters. The van der Waals surface area contributed by atoms with Gasteiger partial charge >= 0.3 is 0 Å². The van der Waals surface area contributed by atoms with Gasteiger partial charge in [-0.05, 0) is 53.5 Å². The molecule has 0 radical (unpaired) electrons. The number of hydrogen-bond acceptors (Lipinski definition) is 1. The van der Waals surface area contributed by atoms with Gasteiger partial charge in [0.1, 0.15) is 11.6 Å². The van der Waals surface area contributed by atoms with Crippen molar-refractivity contribution in [2.45, 2.75) is 19.4 Å². The Balaban J connectivity index is 2.34. The normalized spacial score (nSPS) is 12.4. The van der Waals surface area contributed by atoms with Crippen LogP contribution in [0.3, 0.4) is 0 Å². The molecule has 0 saturated heterocycles. The maximum absolute atomic E-state index is 14.2. The van der Waals surface area contributed by atoms with E-state index in [9.17, 15) is 8.78 Å². The van der Waals surface area contributed by atoms with Gasteiger partial charge in [-0.1, -0.05) is 30.3 Å². The number of benzene rings is 2. The molecule has 0 spiro atoms. The van der Waals surface area contributed by atoms with E-state index in [1.54, 1.807) is 32.2 Å². The highest BCUT2D eigenvalue weighted by Crippen LogP contribution is 2.27. The Morgan fingerprint density at radius 3 is 2.55 bits per heavy atom. The molecule has 0 aliphatic carbocycles. The zero-order chi connectivity index (χ0) is 14.7. The minimum absolute atomic E-state index is 0.201. The molecule has 0 aliphatic heterocycles. The van der Waals surface area contributed by atoms with Crippen LogP contribution in [0.1, 0.15) is 22.7 Å². The molecule has 2 aromatic rings. The van der Waals surface area contributed by atoms with E-state index >= 15 is 0 Å². The van der Waals surface area contributed by atoms with Gasteiger partial charge in [-0.25, -0.2) is 8.78 Å². The van der Waals surface area contributed by atoms with Gasteiger partial charge < -0.3 is 5.32 Å². The monoisotopic (exact) mass is 339 g/mol. The van der Waals surface area contributed by atoms with Crippen molar-refractivity contribution in [3.63, 3.8) is 0 Å². The highest BCUT2D eigenvalue weighted by atomic mass is 79.9. The fourth-order valence-corrected chi connectivity index (χ4v) is 2.66. The minimum Gasteiger partial charge on any atom is -0.313 e. The predicted octanol–water partition coefficient (Wildman–Crippen LogP) is 4.54.